The maximum absolute atomic E-state index is 9.69. The third-order valence-corrected chi connectivity index (χ3v) is 5.17. The molecule has 3 aromatic rings. The monoisotopic (exact) mass is 326 g/mol. The van der Waals surface area contributed by atoms with E-state index in [1.54, 1.807) is 11.3 Å². The number of para-hydroxylation sites is 1. The fourth-order valence-corrected chi connectivity index (χ4v) is 3.75. The van der Waals surface area contributed by atoms with E-state index in [1.165, 1.54) is 0 Å². The lowest BCUT2D eigenvalue weighted by atomic mass is 9.75. The van der Waals surface area contributed by atoms with Crippen molar-refractivity contribution in [3.8, 4) is 0 Å². The standard InChI is InChI=1S/C17H18N4OS/c1-10-20-21-17(23-10)19-16(12-7-14(22)8-12)13-6-11-4-2-3-5-15(11)18-9-13/h2-6,9,12,14,16,22H,7-8H2,1H3,(H,19,21)/t12?,14?,16-/m1/s1. The Morgan fingerprint density at radius 2 is 2.09 bits per heavy atom. The van der Waals surface area contributed by atoms with Crippen LogP contribution in [0.2, 0.25) is 0 Å². The van der Waals surface area contributed by atoms with Crippen molar-refractivity contribution in [2.24, 2.45) is 5.92 Å². The van der Waals surface area contributed by atoms with Crippen LogP contribution in [0.15, 0.2) is 36.5 Å². The van der Waals surface area contributed by atoms with E-state index in [-0.39, 0.29) is 12.1 Å². The second kappa shape index (κ2) is 5.86. The molecule has 5 nitrogen and oxygen atoms in total. The number of benzene rings is 1. The molecule has 4 rings (SSSR count). The van der Waals surface area contributed by atoms with Crippen LogP contribution in [-0.4, -0.2) is 26.4 Å². The first-order valence-electron chi connectivity index (χ1n) is 7.78. The van der Waals surface area contributed by atoms with E-state index in [0.717, 1.165) is 39.4 Å². The molecular formula is C17H18N4OS. The quantitative estimate of drug-likeness (QED) is 0.769. The molecule has 1 saturated carbocycles. The Balaban J connectivity index is 1.67. The minimum atomic E-state index is -0.186. The first kappa shape index (κ1) is 14.5. The van der Waals surface area contributed by atoms with Gasteiger partial charge in [-0.1, -0.05) is 29.5 Å². The molecule has 6 heteroatoms. The van der Waals surface area contributed by atoms with Crippen molar-refractivity contribution >= 4 is 27.4 Å². The van der Waals surface area contributed by atoms with Gasteiger partial charge in [0.15, 0.2) is 0 Å². The Hall–Kier alpha value is -2.05. The van der Waals surface area contributed by atoms with Gasteiger partial charge in [-0.2, -0.15) is 0 Å². The van der Waals surface area contributed by atoms with E-state index in [1.807, 2.05) is 31.3 Å². The second-order valence-corrected chi connectivity index (χ2v) is 7.28. The summed E-state index contributed by atoms with van der Waals surface area (Å²) in [6, 6.07) is 10.4. The van der Waals surface area contributed by atoms with E-state index < -0.39 is 0 Å². The van der Waals surface area contributed by atoms with E-state index in [2.05, 4.69) is 32.6 Å². The van der Waals surface area contributed by atoms with Crippen molar-refractivity contribution in [1.29, 1.82) is 0 Å². The predicted octanol–water partition coefficient (Wildman–Crippen LogP) is 3.32. The van der Waals surface area contributed by atoms with Gasteiger partial charge in [-0.05, 0) is 43.4 Å². The smallest absolute Gasteiger partial charge is 0.206 e. The number of anilines is 1. The number of pyridine rings is 1. The van der Waals surface area contributed by atoms with Gasteiger partial charge in [0.05, 0.1) is 17.7 Å². The molecule has 2 heterocycles. The highest BCUT2D eigenvalue weighted by atomic mass is 32.1. The van der Waals surface area contributed by atoms with E-state index in [0.29, 0.717) is 5.92 Å². The van der Waals surface area contributed by atoms with Crippen molar-refractivity contribution in [2.75, 3.05) is 5.32 Å². The summed E-state index contributed by atoms with van der Waals surface area (Å²) >= 11 is 1.55. The molecule has 0 unspecified atom stereocenters. The number of fused-ring (bicyclic) bond motifs is 1. The molecule has 0 spiro atoms. The van der Waals surface area contributed by atoms with E-state index in [9.17, 15) is 5.11 Å². The van der Waals surface area contributed by atoms with Gasteiger partial charge in [0.1, 0.15) is 5.01 Å². The minimum Gasteiger partial charge on any atom is -0.393 e. The fraction of sp³-hybridized carbons (Fsp3) is 0.353. The molecular weight excluding hydrogens is 308 g/mol. The van der Waals surface area contributed by atoms with Gasteiger partial charge < -0.3 is 10.4 Å². The van der Waals surface area contributed by atoms with Crippen LogP contribution in [0.25, 0.3) is 10.9 Å². The fourth-order valence-electron chi connectivity index (χ4n) is 3.12. The summed E-state index contributed by atoms with van der Waals surface area (Å²) in [4.78, 5) is 4.57. The first-order chi connectivity index (χ1) is 11.2. The Morgan fingerprint density at radius 1 is 1.26 bits per heavy atom. The molecule has 1 atom stereocenters. The molecule has 0 amide bonds. The highest BCUT2D eigenvalue weighted by molar-refractivity contribution is 7.15. The largest absolute Gasteiger partial charge is 0.393 e. The highest BCUT2D eigenvalue weighted by Crippen LogP contribution is 2.40. The Morgan fingerprint density at radius 3 is 2.83 bits per heavy atom. The molecule has 23 heavy (non-hydrogen) atoms. The summed E-state index contributed by atoms with van der Waals surface area (Å²) in [5, 5.41) is 24.3. The van der Waals surface area contributed by atoms with Gasteiger partial charge in [-0.15, -0.1) is 10.2 Å². The molecule has 1 aliphatic carbocycles. The minimum absolute atomic E-state index is 0.0999. The highest BCUT2D eigenvalue weighted by Gasteiger charge is 2.35. The average Bonchev–Trinajstić information content (AvgIpc) is 2.95. The van der Waals surface area contributed by atoms with Crippen LogP contribution in [0, 0.1) is 12.8 Å². The van der Waals surface area contributed by atoms with Gasteiger partial charge in [-0.25, -0.2) is 0 Å². The maximum atomic E-state index is 9.69. The second-order valence-electron chi connectivity index (χ2n) is 6.09. The van der Waals surface area contributed by atoms with Crippen LogP contribution >= 0.6 is 11.3 Å². The van der Waals surface area contributed by atoms with Crippen LogP contribution in [0.1, 0.15) is 29.5 Å². The molecule has 2 aromatic heterocycles. The zero-order valence-corrected chi connectivity index (χ0v) is 13.6. The topological polar surface area (TPSA) is 70.9 Å². The molecule has 118 valence electrons. The van der Waals surface area contributed by atoms with Crippen molar-refractivity contribution in [3.63, 3.8) is 0 Å². The number of rotatable bonds is 4. The third kappa shape index (κ3) is 2.92. The first-order valence-corrected chi connectivity index (χ1v) is 8.60. The molecule has 2 N–H and O–H groups in total. The number of nitrogens with one attached hydrogen (secondary N) is 1. The zero-order valence-electron chi connectivity index (χ0n) is 12.8. The van der Waals surface area contributed by atoms with Crippen molar-refractivity contribution in [1.82, 2.24) is 15.2 Å². The number of nitrogens with zero attached hydrogens (tertiary/aromatic N) is 3. The van der Waals surface area contributed by atoms with Gasteiger partial charge in [0.25, 0.3) is 0 Å². The van der Waals surface area contributed by atoms with E-state index >= 15 is 0 Å². The Bertz CT molecular complexity index is 828. The van der Waals surface area contributed by atoms with Crippen LogP contribution in [0.4, 0.5) is 5.13 Å². The van der Waals surface area contributed by atoms with Crippen molar-refractivity contribution < 1.29 is 5.11 Å². The SMILES string of the molecule is Cc1nnc(N[C@@H](c2cnc3ccccc3c2)C2CC(O)C2)s1. The zero-order chi connectivity index (χ0) is 15.8. The molecule has 0 saturated heterocycles. The average molecular weight is 326 g/mol. The number of aliphatic hydroxyl groups excluding tert-OH is 1. The van der Waals surface area contributed by atoms with Crippen LogP contribution in [0.3, 0.4) is 0 Å². The lowest BCUT2D eigenvalue weighted by Gasteiger charge is -2.38. The summed E-state index contributed by atoms with van der Waals surface area (Å²) in [5.41, 5.74) is 2.13. The summed E-state index contributed by atoms with van der Waals surface area (Å²) in [7, 11) is 0. The number of hydrogen-bond donors (Lipinski definition) is 2. The van der Waals surface area contributed by atoms with Gasteiger partial charge >= 0.3 is 0 Å². The van der Waals surface area contributed by atoms with Gasteiger partial charge in [0.2, 0.25) is 5.13 Å². The Labute approximate surface area is 138 Å². The predicted molar refractivity (Wildman–Crippen MR) is 91.5 cm³/mol. The van der Waals surface area contributed by atoms with Crippen molar-refractivity contribution in [3.05, 3.63) is 47.1 Å². The summed E-state index contributed by atoms with van der Waals surface area (Å²) in [5.74, 6) is 0.386. The maximum Gasteiger partial charge on any atom is 0.206 e. The Kier molecular flexibility index (Phi) is 3.71. The molecule has 0 bridgehead atoms. The third-order valence-electron chi connectivity index (χ3n) is 4.40. The number of aryl methyl sites for hydroxylation is 1. The van der Waals surface area contributed by atoms with Crippen LogP contribution < -0.4 is 5.32 Å². The van der Waals surface area contributed by atoms with Gasteiger partial charge in [-0.3, -0.25) is 4.98 Å². The van der Waals surface area contributed by atoms with Gasteiger partial charge in [0, 0.05) is 11.6 Å². The number of aliphatic hydroxyl groups is 1. The number of aromatic nitrogens is 3. The summed E-state index contributed by atoms with van der Waals surface area (Å²) in [6.45, 7) is 1.95. The molecule has 1 fully saturated rings. The van der Waals surface area contributed by atoms with Crippen LogP contribution in [-0.2, 0) is 0 Å². The lowest BCUT2D eigenvalue weighted by Crippen LogP contribution is -2.36. The molecule has 1 aliphatic rings. The normalized spacial score (nSPS) is 21.8. The lowest BCUT2D eigenvalue weighted by molar-refractivity contribution is 0.0339. The summed E-state index contributed by atoms with van der Waals surface area (Å²) in [6.07, 6.45) is 3.36. The van der Waals surface area contributed by atoms with Crippen LogP contribution in [0.5, 0.6) is 0 Å². The van der Waals surface area contributed by atoms with Crippen molar-refractivity contribution in [2.45, 2.75) is 31.9 Å². The summed E-state index contributed by atoms with van der Waals surface area (Å²) < 4.78 is 0. The van der Waals surface area contributed by atoms with E-state index in [4.69, 9.17) is 0 Å². The molecule has 0 aliphatic heterocycles. The number of hydrogen-bond acceptors (Lipinski definition) is 6. The molecule has 0 radical (unpaired) electrons. The molecule has 1 aromatic carbocycles.